The summed E-state index contributed by atoms with van der Waals surface area (Å²) in [6, 6.07) is 12.5. The zero-order valence-electron chi connectivity index (χ0n) is 18.4. The Balaban J connectivity index is 1.50. The third-order valence-corrected chi connectivity index (χ3v) is 6.46. The number of likely N-dealkylation sites (tertiary alicyclic amines) is 1. The van der Waals surface area contributed by atoms with Crippen molar-refractivity contribution in [2.75, 3.05) is 23.3 Å². The molecule has 2 aromatic rings. The van der Waals surface area contributed by atoms with Crippen LogP contribution in [0.25, 0.3) is 0 Å². The van der Waals surface area contributed by atoms with Crippen molar-refractivity contribution in [3.63, 3.8) is 0 Å². The number of carbonyl (C=O) groups is 3. The van der Waals surface area contributed by atoms with Crippen molar-refractivity contribution in [1.82, 2.24) is 4.90 Å². The summed E-state index contributed by atoms with van der Waals surface area (Å²) >= 11 is 6.25. The normalized spacial score (nSPS) is 17.4. The summed E-state index contributed by atoms with van der Waals surface area (Å²) in [6.07, 6.45) is 2.04. The molecule has 0 aliphatic carbocycles. The first-order valence-electron chi connectivity index (χ1n) is 10.8. The highest BCUT2D eigenvalue weighted by Gasteiger charge is 2.39. The summed E-state index contributed by atoms with van der Waals surface area (Å²) in [6.45, 7) is 7.49. The summed E-state index contributed by atoms with van der Waals surface area (Å²) in [7, 11) is 0. The van der Waals surface area contributed by atoms with Gasteiger partial charge >= 0.3 is 0 Å². The molecule has 0 spiro atoms. The lowest BCUT2D eigenvalue weighted by molar-refractivity contribution is -0.120. The van der Waals surface area contributed by atoms with Crippen LogP contribution in [0.15, 0.2) is 53.2 Å². The third-order valence-electron chi connectivity index (χ3n) is 6.10. The fourth-order valence-corrected chi connectivity index (χ4v) is 4.24. The molecule has 3 amide bonds. The molecule has 1 N–H and O–H groups in total. The van der Waals surface area contributed by atoms with Crippen molar-refractivity contribution in [3.05, 3.63) is 69.9 Å². The number of hydrogen-bond donors (Lipinski definition) is 1. The number of imide groups is 1. The van der Waals surface area contributed by atoms with Crippen LogP contribution in [0.1, 0.15) is 41.3 Å². The second-order valence-corrected chi connectivity index (χ2v) is 8.98. The zero-order valence-corrected chi connectivity index (χ0v) is 19.2. The molecule has 4 rings (SSSR count). The molecule has 0 unspecified atom stereocenters. The number of nitrogens with one attached hydrogen (secondary N) is 1. The van der Waals surface area contributed by atoms with E-state index in [4.69, 9.17) is 11.6 Å². The molecular formula is C25H26ClN3O3. The molecule has 0 atom stereocenters. The Kier molecular flexibility index (Phi) is 6.07. The van der Waals surface area contributed by atoms with E-state index in [1.54, 1.807) is 30.3 Å². The molecule has 0 aromatic heterocycles. The van der Waals surface area contributed by atoms with Crippen LogP contribution in [0.4, 0.5) is 11.4 Å². The fraction of sp³-hybridized carbons (Fsp3) is 0.320. The van der Waals surface area contributed by atoms with Crippen LogP contribution >= 0.6 is 11.6 Å². The molecule has 2 aromatic carbocycles. The van der Waals surface area contributed by atoms with E-state index in [1.165, 1.54) is 0 Å². The summed E-state index contributed by atoms with van der Waals surface area (Å²) in [5.41, 5.74) is 3.46. The van der Waals surface area contributed by atoms with Gasteiger partial charge in [-0.25, -0.2) is 4.90 Å². The first kappa shape index (κ1) is 22.1. The lowest BCUT2D eigenvalue weighted by Gasteiger charge is -2.30. The first-order valence-corrected chi connectivity index (χ1v) is 11.2. The molecule has 2 aliphatic heterocycles. The Hall–Kier alpha value is -3.12. The number of hydrogen-bond acceptors (Lipinski definition) is 4. The number of carbonyl (C=O) groups excluding carboxylic acids is 3. The molecule has 32 heavy (non-hydrogen) atoms. The van der Waals surface area contributed by atoms with Crippen molar-refractivity contribution >= 4 is 40.7 Å². The van der Waals surface area contributed by atoms with E-state index in [0.29, 0.717) is 22.9 Å². The van der Waals surface area contributed by atoms with Gasteiger partial charge in [0.2, 0.25) is 0 Å². The molecule has 2 heterocycles. The summed E-state index contributed by atoms with van der Waals surface area (Å²) in [5.74, 6) is -0.400. The average Bonchev–Trinajstić information content (AvgIpc) is 2.99. The Labute approximate surface area is 192 Å². The van der Waals surface area contributed by atoms with Crippen LogP contribution < -0.4 is 10.2 Å². The van der Waals surface area contributed by atoms with E-state index in [0.717, 1.165) is 42.0 Å². The maximum Gasteiger partial charge on any atom is 0.283 e. The minimum atomic E-state index is -0.556. The maximum atomic E-state index is 13.0. The molecule has 0 radical (unpaired) electrons. The highest BCUT2D eigenvalue weighted by atomic mass is 35.5. The summed E-state index contributed by atoms with van der Waals surface area (Å²) < 4.78 is 0. The lowest BCUT2D eigenvalue weighted by Crippen LogP contribution is -2.37. The smallest absolute Gasteiger partial charge is 0.283 e. The van der Waals surface area contributed by atoms with E-state index in [9.17, 15) is 14.4 Å². The maximum absolute atomic E-state index is 13.0. The Morgan fingerprint density at radius 1 is 1.00 bits per heavy atom. The van der Waals surface area contributed by atoms with Gasteiger partial charge in [-0.1, -0.05) is 30.7 Å². The molecule has 7 heteroatoms. The molecule has 166 valence electrons. The number of amides is 3. The monoisotopic (exact) mass is 451 g/mol. The van der Waals surface area contributed by atoms with Gasteiger partial charge in [-0.15, -0.1) is 0 Å². The van der Waals surface area contributed by atoms with Crippen molar-refractivity contribution in [2.24, 2.45) is 5.92 Å². The molecule has 0 bridgehead atoms. The number of rotatable bonds is 4. The third kappa shape index (κ3) is 4.15. The van der Waals surface area contributed by atoms with Crippen molar-refractivity contribution < 1.29 is 14.4 Å². The van der Waals surface area contributed by atoms with Gasteiger partial charge in [-0.05, 0) is 74.1 Å². The molecule has 2 aliphatic rings. The Bertz CT molecular complexity index is 1120. The van der Waals surface area contributed by atoms with Gasteiger partial charge in [0.1, 0.15) is 10.7 Å². The lowest BCUT2D eigenvalue weighted by atomic mass is 9.98. The summed E-state index contributed by atoms with van der Waals surface area (Å²) in [4.78, 5) is 41.5. The molecule has 0 saturated carbocycles. The minimum absolute atomic E-state index is 0.00826. The number of piperidine rings is 1. The highest BCUT2D eigenvalue weighted by molar-refractivity contribution is 6.53. The van der Waals surface area contributed by atoms with Crippen LogP contribution in [-0.2, 0) is 9.59 Å². The molecule has 6 nitrogen and oxygen atoms in total. The largest absolute Gasteiger partial charge is 0.350 e. The van der Waals surface area contributed by atoms with Gasteiger partial charge in [0.05, 0.1) is 5.69 Å². The van der Waals surface area contributed by atoms with Crippen LogP contribution in [-0.4, -0.2) is 35.7 Å². The van der Waals surface area contributed by atoms with E-state index >= 15 is 0 Å². The molecular weight excluding hydrogens is 426 g/mol. The van der Waals surface area contributed by atoms with Gasteiger partial charge < -0.3 is 10.2 Å². The van der Waals surface area contributed by atoms with Crippen LogP contribution in [0.3, 0.4) is 0 Å². The second kappa shape index (κ2) is 8.79. The first-order chi connectivity index (χ1) is 15.3. The van der Waals surface area contributed by atoms with Crippen LogP contribution in [0.2, 0.25) is 0 Å². The predicted molar refractivity (Wildman–Crippen MR) is 126 cm³/mol. The van der Waals surface area contributed by atoms with E-state index in [1.807, 2.05) is 30.9 Å². The van der Waals surface area contributed by atoms with Crippen molar-refractivity contribution in [3.8, 4) is 0 Å². The van der Waals surface area contributed by atoms with E-state index in [-0.39, 0.29) is 16.6 Å². The van der Waals surface area contributed by atoms with Gasteiger partial charge in [0, 0.05) is 24.3 Å². The van der Waals surface area contributed by atoms with Crippen molar-refractivity contribution in [2.45, 2.75) is 33.6 Å². The number of halogens is 1. The quantitative estimate of drug-likeness (QED) is 0.689. The number of anilines is 2. The van der Waals surface area contributed by atoms with Crippen LogP contribution in [0, 0.1) is 19.8 Å². The van der Waals surface area contributed by atoms with Crippen LogP contribution in [0.5, 0.6) is 0 Å². The fourth-order valence-electron chi connectivity index (χ4n) is 4.03. The predicted octanol–water partition coefficient (Wildman–Crippen LogP) is 4.61. The van der Waals surface area contributed by atoms with Gasteiger partial charge in [0.15, 0.2) is 0 Å². The Morgan fingerprint density at radius 2 is 1.66 bits per heavy atom. The number of aryl methyl sites for hydroxylation is 2. The van der Waals surface area contributed by atoms with Gasteiger partial charge in [0.25, 0.3) is 17.7 Å². The van der Waals surface area contributed by atoms with Crippen molar-refractivity contribution in [1.29, 1.82) is 0 Å². The zero-order chi connectivity index (χ0) is 23.0. The van der Waals surface area contributed by atoms with Gasteiger partial charge in [-0.3, -0.25) is 14.4 Å². The minimum Gasteiger partial charge on any atom is -0.350 e. The van der Waals surface area contributed by atoms with Gasteiger partial charge in [-0.2, -0.15) is 0 Å². The molecule has 1 saturated heterocycles. The number of nitrogens with zero attached hydrogens (tertiary/aromatic N) is 2. The number of benzene rings is 2. The average molecular weight is 452 g/mol. The van der Waals surface area contributed by atoms with E-state index in [2.05, 4.69) is 12.2 Å². The SMILES string of the molecule is Cc1ccc(C)c(N2C(=O)C(Cl)=C(Nc3ccc(C(=O)N4CCC(C)CC4)cc3)C2=O)c1. The second-order valence-electron chi connectivity index (χ2n) is 8.60. The standard InChI is InChI=1S/C25H26ClN3O3/c1-15-10-12-28(13-11-15)23(30)18-6-8-19(9-7-18)27-22-21(26)24(31)29(25(22)32)20-14-16(2)4-5-17(20)3/h4-9,14-15,27H,10-13H2,1-3H3. The van der Waals surface area contributed by atoms with E-state index < -0.39 is 11.8 Å². The molecule has 1 fully saturated rings. The Morgan fingerprint density at radius 3 is 2.31 bits per heavy atom. The highest BCUT2D eigenvalue weighted by Crippen LogP contribution is 2.32. The topological polar surface area (TPSA) is 69.7 Å². The summed E-state index contributed by atoms with van der Waals surface area (Å²) in [5, 5.41) is 2.81.